The molecular weight excluding hydrogens is 318 g/mol. The minimum Gasteiger partial charge on any atom is -0.482 e. The van der Waals surface area contributed by atoms with Crippen LogP contribution in [-0.2, 0) is 27.2 Å². The van der Waals surface area contributed by atoms with Crippen LogP contribution in [0.3, 0.4) is 0 Å². The molecule has 0 fully saturated rings. The molecule has 5 heteroatoms. The van der Waals surface area contributed by atoms with Crippen molar-refractivity contribution < 1.29 is 19.1 Å². The zero-order valence-electron chi connectivity index (χ0n) is 14.2. The van der Waals surface area contributed by atoms with Gasteiger partial charge < -0.3 is 14.8 Å². The Kier molecular flexibility index (Phi) is 5.33. The second kappa shape index (κ2) is 7.83. The number of benzene rings is 2. The number of fused-ring (bicyclic) bond motifs is 1. The molecule has 5 nitrogen and oxygen atoms in total. The highest BCUT2D eigenvalue weighted by Gasteiger charge is 2.13. The van der Waals surface area contributed by atoms with Gasteiger partial charge in [-0.2, -0.15) is 0 Å². The lowest BCUT2D eigenvalue weighted by Crippen LogP contribution is -2.23. The van der Waals surface area contributed by atoms with Crippen LogP contribution in [0.1, 0.15) is 23.1 Å². The number of ether oxygens (including phenoxy) is 2. The number of amides is 1. The molecule has 0 heterocycles. The molecule has 3 rings (SSSR count). The van der Waals surface area contributed by atoms with E-state index in [2.05, 4.69) is 5.32 Å². The molecule has 0 saturated heterocycles. The molecule has 0 bridgehead atoms. The summed E-state index contributed by atoms with van der Waals surface area (Å²) in [6.07, 6.45) is 3.30. The van der Waals surface area contributed by atoms with Crippen molar-refractivity contribution in [1.82, 2.24) is 0 Å². The molecule has 0 atom stereocenters. The quantitative estimate of drug-likeness (QED) is 0.822. The smallest absolute Gasteiger partial charge is 0.344 e. The summed E-state index contributed by atoms with van der Waals surface area (Å²) in [5.74, 6) is -0.341. The van der Waals surface area contributed by atoms with Gasteiger partial charge in [0.2, 0.25) is 0 Å². The molecule has 2 aromatic rings. The number of carbonyl (C=O) groups excluding carboxylic acids is 2. The molecule has 1 N–H and O–H groups in total. The van der Waals surface area contributed by atoms with Gasteiger partial charge >= 0.3 is 5.97 Å². The van der Waals surface area contributed by atoms with Crippen LogP contribution in [0.15, 0.2) is 42.5 Å². The maximum absolute atomic E-state index is 11.9. The summed E-state index contributed by atoms with van der Waals surface area (Å²) in [6, 6.07) is 13.3. The molecule has 1 amide bonds. The first-order valence-electron chi connectivity index (χ1n) is 8.37. The highest BCUT2D eigenvalue weighted by Crippen LogP contribution is 2.24. The maximum Gasteiger partial charge on any atom is 0.344 e. The number of hydrogen-bond acceptors (Lipinski definition) is 4. The predicted molar refractivity (Wildman–Crippen MR) is 94.7 cm³/mol. The third-order valence-electron chi connectivity index (χ3n) is 4.09. The van der Waals surface area contributed by atoms with E-state index < -0.39 is 5.97 Å². The Labute approximate surface area is 147 Å². The Morgan fingerprint density at radius 1 is 1.04 bits per heavy atom. The van der Waals surface area contributed by atoms with Crippen LogP contribution in [0.2, 0.25) is 0 Å². The van der Waals surface area contributed by atoms with Crippen molar-refractivity contribution in [3.8, 4) is 5.75 Å². The van der Waals surface area contributed by atoms with Gasteiger partial charge in [0.1, 0.15) is 5.75 Å². The Morgan fingerprint density at radius 2 is 1.88 bits per heavy atom. The largest absolute Gasteiger partial charge is 0.482 e. The molecule has 25 heavy (non-hydrogen) atoms. The van der Waals surface area contributed by atoms with Gasteiger partial charge in [0.25, 0.3) is 5.91 Å². The van der Waals surface area contributed by atoms with Crippen molar-refractivity contribution >= 4 is 17.6 Å². The minimum absolute atomic E-state index is 0.227. The summed E-state index contributed by atoms with van der Waals surface area (Å²) < 4.78 is 10.3. The van der Waals surface area contributed by atoms with Gasteiger partial charge in [-0.25, -0.2) is 4.79 Å². The summed E-state index contributed by atoms with van der Waals surface area (Å²) >= 11 is 0. The molecule has 1 aliphatic carbocycles. The fourth-order valence-electron chi connectivity index (χ4n) is 2.88. The van der Waals surface area contributed by atoms with Crippen molar-refractivity contribution in [3.05, 3.63) is 59.2 Å². The molecule has 0 radical (unpaired) electrons. The van der Waals surface area contributed by atoms with Gasteiger partial charge in [-0.15, -0.1) is 0 Å². The van der Waals surface area contributed by atoms with Crippen molar-refractivity contribution in [2.75, 3.05) is 18.5 Å². The van der Waals surface area contributed by atoms with E-state index in [-0.39, 0.29) is 19.1 Å². The van der Waals surface area contributed by atoms with E-state index in [0.717, 1.165) is 30.5 Å². The second-order valence-electron chi connectivity index (χ2n) is 6.15. The fourth-order valence-corrected chi connectivity index (χ4v) is 2.88. The lowest BCUT2D eigenvalue weighted by molar-refractivity contribution is -0.149. The average molecular weight is 339 g/mol. The number of esters is 1. The number of rotatable bonds is 6. The van der Waals surface area contributed by atoms with E-state index in [1.165, 1.54) is 11.1 Å². The molecule has 0 spiro atoms. The van der Waals surface area contributed by atoms with Crippen LogP contribution in [0.4, 0.5) is 5.69 Å². The SMILES string of the molecule is Cc1cccc(OCC(=O)OCC(=O)Nc2ccc3c(c2)CCC3)c1. The van der Waals surface area contributed by atoms with Crippen LogP contribution in [0.25, 0.3) is 0 Å². The topological polar surface area (TPSA) is 64.6 Å². The van der Waals surface area contributed by atoms with Gasteiger partial charge in [-0.3, -0.25) is 4.79 Å². The number of carbonyl (C=O) groups is 2. The molecule has 0 unspecified atom stereocenters. The van der Waals surface area contributed by atoms with E-state index >= 15 is 0 Å². The monoisotopic (exact) mass is 339 g/mol. The minimum atomic E-state index is -0.578. The highest BCUT2D eigenvalue weighted by molar-refractivity contribution is 5.93. The van der Waals surface area contributed by atoms with Crippen LogP contribution in [-0.4, -0.2) is 25.1 Å². The van der Waals surface area contributed by atoms with E-state index in [9.17, 15) is 9.59 Å². The third-order valence-corrected chi connectivity index (χ3v) is 4.09. The normalized spacial score (nSPS) is 12.4. The summed E-state index contributed by atoms with van der Waals surface area (Å²) in [6.45, 7) is 1.39. The number of nitrogens with one attached hydrogen (secondary N) is 1. The van der Waals surface area contributed by atoms with Gasteiger partial charge in [-0.05, 0) is 67.1 Å². The summed E-state index contributed by atoms with van der Waals surface area (Å²) in [7, 11) is 0. The van der Waals surface area contributed by atoms with E-state index in [1.807, 2.05) is 43.3 Å². The Morgan fingerprint density at radius 3 is 2.72 bits per heavy atom. The first-order chi connectivity index (χ1) is 12.1. The number of aryl methyl sites for hydroxylation is 3. The third kappa shape index (κ3) is 4.83. The second-order valence-corrected chi connectivity index (χ2v) is 6.15. The van der Waals surface area contributed by atoms with Crippen LogP contribution in [0.5, 0.6) is 5.75 Å². The van der Waals surface area contributed by atoms with Crippen molar-refractivity contribution in [2.24, 2.45) is 0 Å². The Hall–Kier alpha value is -2.82. The first-order valence-corrected chi connectivity index (χ1v) is 8.37. The van der Waals surface area contributed by atoms with Gasteiger partial charge in [0, 0.05) is 5.69 Å². The highest BCUT2D eigenvalue weighted by atomic mass is 16.6. The Bertz CT molecular complexity index is 785. The molecule has 130 valence electrons. The molecule has 1 aliphatic rings. The fraction of sp³-hybridized carbons (Fsp3) is 0.300. The number of anilines is 1. The number of hydrogen-bond donors (Lipinski definition) is 1. The molecule has 2 aromatic carbocycles. The van der Waals surface area contributed by atoms with Crippen molar-refractivity contribution in [1.29, 1.82) is 0 Å². The van der Waals surface area contributed by atoms with E-state index in [1.54, 1.807) is 6.07 Å². The van der Waals surface area contributed by atoms with Crippen LogP contribution in [0, 0.1) is 6.92 Å². The van der Waals surface area contributed by atoms with Crippen LogP contribution >= 0.6 is 0 Å². The van der Waals surface area contributed by atoms with Gasteiger partial charge in [0.15, 0.2) is 13.2 Å². The lowest BCUT2D eigenvalue weighted by Gasteiger charge is -2.09. The summed E-state index contributed by atoms with van der Waals surface area (Å²) in [5.41, 5.74) is 4.40. The maximum atomic E-state index is 11.9. The molecule has 0 aromatic heterocycles. The van der Waals surface area contributed by atoms with Gasteiger partial charge in [-0.1, -0.05) is 18.2 Å². The van der Waals surface area contributed by atoms with Crippen LogP contribution < -0.4 is 10.1 Å². The predicted octanol–water partition coefficient (Wildman–Crippen LogP) is 3.04. The van der Waals surface area contributed by atoms with Crippen molar-refractivity contribution in [2.45, 2.75) is 26.2 Å². The summed E-state index contributed by atoms with van der Waals surface area (Å²) in [4.78, 5) is 23.6. The zero-order valence-corrected chi connectivity index (χ0v) is 14.2. The molecule has 0 saturated carbocycles. The van der Waals surface area contributed by atoms with E-state index in [0.29, 0.717) is 5.75 Å². The lowest BCUT2D eigenvalue weighted by atomic mass is 10.1. The first kappa shape index (κ1) is 17.0. The zero-order chi connectivity index (χ0) is 17.6. The van der Waals surface area contributed by atoms with Crippen molar-refractivity contribution in [3.63, 3.8) is 0 Å². The van der Waals surface area contributed by atoms with Gasteiger partial charge in [0.05, 0.1) is 0 Å². The van der Waals surface area contributed by atoms with E-state index in [4.69, 9.17) is 9.47 Å². The molecular formula is C20H21NO4. The average Bonchev–Trinajstić information content (AvgIpc) is 3.06. The molecule has 0 aliphatic heterocycles. The standard InChI is InChI=1S/C20H21NO4/c1-14-4-2-7-18(10-14)24-13-20(23)25-12-19(22)21-17-9-8-15-5-3-6-16(15)11-17/h2,4,7-11H,3,5-6,12-13H2,1H3,(H,21,22). The summed E-state index contributed by atoms with van der Waals surface area (Å²) in [5, 5.41) is 2.75. The Balaban J connectivity index is 1.42.